The summed E-state index contributed by atoms with van der Waals surface area (Å²) >= 11 is 0. The van der Waals surface area contributed by atoms with Crippen molar-refractivity contribution in [3.8, 4) is 39.5 Å². The van der Waals surface area contributed by atoms with E-state index >= 15 is 0 Å². The largest absolute Gasteiger partial charge is 0.497 e. The van der Waals surface area contributed by atoms with Gasteiger partial charge in [-0.25, -0.2) is 0 Å². The minimum atomic E-state index is 0.829. The topological polar surface area (TPSA) is 22.4 Å². The van der Waals surface area contributed by atoms with Gasteiger partial charge in [-0.15, -0.1) is 0 Å². The normalized spacial score (nSPS) is 11.2. The highest BCUT2D eigenvalue weighted by atomic mass is 16.5. The average molecular weight is 427 g/mol. The van der Waals surface area contributed by atoms with Crippen LogP contribution in [0, 0.1) is 0 Å². The fraction of sp³-hybridized carbons (Fsp3) is 0.0323. The van der Waals surface area contributed by atoms with Crippen LogP contribution in [-0.4, -0.2) is 7.11 Å². The smallest absolute Gasteiger partial charge is 0.142 e. The van der Waals surface area contributed by atoms with Crippen LogP contribution in [0.1, 0.15) is 0 Å². The van der Waals surface area contributed by atoms with Gasteiger partial charge in [0.15, 0.2) is 0 Å². The van der Waals surface area contributed by atoms with E-state index in [1.165, 1.54) is 21.5 Å². The summed E-state index contributed by atoms with van der Waals surface area (Å²) < 4.78 is 11.9. The molecule has 33 heavy (non-hydrogen) atoms. The maximum atomic E-state index is 6.53. The van der Waals surface area contributed by atoms with E-state index < -0.39 is 0 Å². The van der Waals surface area contributed by atoms with Gasteiger partial charge in [-0.1, -0.05) is 72.8 Å². The number of methoxy groups -OCH3 is 1. The lowest BCUT2D eigenvalue weighted by molar-refractivity contribution is 0.415. The number of ether oxygens (including phenoxy) is 1. The fourth-order valence-corrected chi connectivity index (χ4v) is 4.40. The van der Waals surface area contributed by atoms with Crippen LogP contribution in [0.4, 0.5) is 0 Å². The molecule has 158 valence electrons. The lowest BCUT2D eigenvalue weighted by atomic mass is 9.97. The zero-order chi connectivity index (χ0) is 22.2. The van der Waals surface area contributed by atoms with Gasteiger partial charge in [0.2, 0.25) is 0 Å². The Hall–Kier alpha value is -4.30. The molecule has 0 amide bonds. The molecule has 5 aromatic carbocycles. The molecule has 2 heteroatoms. The lowest BCUT2D eigenvalue weighted by Gasteiger charge is -2.06. The number of rotatable bonds is 4. The molecule has 1 aromatic heterocycles. The molecule has 1 heterocycles. The third kappa shape index (κ3) is 3.56. The van der Waals surface area contributed by atoms with E-state index in [0.29, 0.717) is 0 Å². The monoisotopic (exact) mass is 426 g/mol. The van der Waals surface area contributed by atoms with Crippen molar-refractivity contribution < 1.29 is 9.15 Å². The van der Waals surface area contributed by atoms with E-state index in [1.807, 2.05) is 24.3 Å². The Labute approximate surface area is 192 Å². The second-order valence-electron chi connectivity index (χ2n) is 8.21. The third-order valence-corrected chi connectivity index (χ3v) is 6.18. The molecule has 0 atom stereocenters. The van der Waals surface area contributed by atoms with Gasteiger partial charge in [0.1, 0.15) is 17.3 Å². The summed E-state index contributed by atoms with van der Waals surface area (Å²) in [6.45, 7) is 0. The van der Waals surface area contributed by atoms with E-state index in [0.717, 1.165) is 39.5 Å². The van der Waals surface area contributed by atoms with E-state index in [4.69, 9.17) is 9.15 Å². The molecule has 0 radical (unpaired) electrons. The first kappa shape index (κ1) is 19.4. The van der Waals surface area contributed by atoms with Gasteiger partial charge in [0.05, 0.1) is 7.11 Å². The molecular weight excluding hydrogens is 404 g/mol. The molecule has 0 fully saturated rings. The van der Waals surface area contributed by atoms with Crippen molar-refractivity contribution in [1.29, 1.82) is 0 Å². The Morgan fingerprint density at radius 1 is 0.515 bits per heavy atom. The Kier molecular flexibility index (Phi) is 4.70. The van der Waals surface area contributed by atoms with Gasteiger partial charge in [-0.3, -0.25) is 0 Å². The first-order chi connectivity index (χ1) is 16.3. The van der Waals surface area contributed by atoms with Crippen molar-refractivity contribution in [2.45, 2.75) is 0 Å². The summed E-state index contributed by atoms with van der Waals surface area (Å²) in [6, 6.07) is 40.1. The number of hydrogen-bond donors (Lipinski definition) is 0. The average Bonchev–Trinajstić information content (AvgIpc) is 3.34. The van der Waals surface area contributed by atoms with Crippen LogP contribution < -0.4 is 4.74 Å². The quantitative estimate of drug-likeness (QED) is 0.282. The Morgan fingerprint density at radius 2 is 1.06 bits per heavy atom. The predicted octanol–water partition coefficient (Wildman–Crippen LogP) is 8.60. The van der Waals surface area contributed by atoms with Gasteiger partial charge < -0.3 is 9.15 Å². The Morgan fingerprint density at radius 3 is 1.70 bits per heavy atom. The molecule has 6 aromatic rings. The lowest BCUT2D eigenvalue weighted by Crippen LogP contribution is -1.82. The van der Waals surface area contributed by atoms with Gasteiger partial charge in [-0.05, 0) is 69.6 Å². The Balaban J connectivity index is 1.55. The molecule has 0 aliphatic rings. The minimum absolute atomic E-state index is 0.829. The van der Waals surface area contributed by atoms with Crippen molar-refractivity contribution >= 4 is 21.5 Å². The molecule has 0 N–H and O–H groups in total. The van der Waals surface area contributed by atoms with Crippen LogP contribution in [0.3, 0.4) is 0 Å². The molecule has 0 saturated carbocycles. The minimum Gasteiger partial charge on any atom is -0.497 e. The van der Waals surface area contributed by atoms with Crippen molar-refractivity contribution in [3.05, 3.63) is 115 Å². The number of benzene rings is 5. The maximum Gasteiger partial charge on any atom is 0.142 e. The van der Waals surface area contributed by atoms with Gasteiger partial charge in [0, 0.05) is 16.7 Å². The molecular formula is C31H22O2. The van der Waals surface area contributed by atoms with Crippen molar-refractivity contribution in [2.75, 3.05) is 7.11 Å². The van der Waals surface area contributed by atoms with Crippen LogP contribution in [0.25, 0.3) is 55.3 Å². The van der Waals surface area contributed by atoms with E-state index in [1.54, 1.807) is 7.11 Å². The SMILES string of the molecule is COc1ccc(-c2cc(-c3ccc4ccccc4c3)c(-c3ccc4ccccc4c3)o2)cc1. The number of hydrogen-bond acceptors (Lipinski definition) is 2. The molecule has 0 saturated heterocycles. The van der Waals surface area contributed by atoms with E-state index in [-0.39, 0.29) is 0 Å². The zero-order valence-corrected chi connectivity index (χ0v) is 18.3. The molecule has 6 rings (SSSR count). The number of fused-ring (bicyclic) bond motifs is 2. The van der Waals surface area contributed by atoms with Crippen LogP contribution in [-0.2, 0) is 0 Å². The second-order valence-corrected chi connectivity index (χ2v) is 8.21. The van der Waals surface area contributed by atoms with Gasteiger partial charge >= 0.3 is 0 Å². The van der Waals surface area contributed by atoms with Crippen LogP contribution in [0.15, 0.2) is 120 Å². The predicted molar refractivity (Wildman–Crippen MR) is 137 cm³/mol. The van der Waals surface area contributed by atoms with Gasteiger partial charge in [-0.2, -0.15) is 0 Å². The molecule has 0 bridgehead atoms. The summed E-state index contributed by atoms with van der Waals surface area (Å²) in [6.07, 6.45) is 0. The first-order valence-corrected chi connectivity index (χ1v) is 11.1. The highest BCUT2D eigenvalue weighted by molar-refractivity contribution is 5.93. The number of furan rings is 1. The highest BCUT2D eigenvalue weighted by Gasteiger charge is 2.17. The fourth-order valence-electron chi connectivity index (χ4n) is 4.40. The summed E-state index contributed by atoms with van der Waals surface area (Å²) in [5.41, 5.74) is 4.31. The molecule has 2 nitrogen and oxygen atoms in total. The second kappa shape index (κ2) is 7.99. The van der Waals surface area contributed by atoms with E-state index in [9.17, 15) is 0 Å². The van der Waals surface area contributed by atoms with Crippen molar-refractivity contribution in [3.63, 3.8) is 0 Å². The zero-order valence-electron chi connectivity index (χ0n) is 18.3. The third-order valence-electron chi connectivity index (χ3n) is 6.18. The summed E-state index contributed by atoms with van der Waals surface area (Å²) in [4.78, 5) is 0. The van der Waals surface area contributed by atoms with Crippen LogP contribution in [0.5, 0.6) is 5.75 Å². The van der Waals surface area contributed by atoms with E-state index in [2.05, 4.69) is 91.0 Å². The molecule has 0 unspecified atom stereocenters. The van der Waals surface area contributed by atoms with Crippen molar-refractivity contribution in [2.24, 2.45) is 0 Å². The summed E-state index contributed by atoms with van der Waals surface area (Å²) in [5.74, 6) is 2.54. The first-order valence-electron chi connectivity index (χ1n) is 11.1. The van der Waals surface area contributed by atoms with Crippen LogP contribution in [0.2, 0.25) is 0 Å². The molecule has 0 aliphatic heterocycles. The molecule has 0 spiro atoms. The van der Waals surface area contributed by atoms with Crippen LogP contribution >= 0.6 is 0 Å². The maximum absolute atomic E-state index is 6.53. The highest BCUT2D eigenvalue weighted by Crippen LogP contribution is 2.40. The van der Waals surface area contributed by atoms with Crippen molar-refractivity contribution in [1.82, 2.24) is 0 Å². The van der Waals surface area contributed by atoms with Gasteiger partial charge in [0.25, 0.3) is 0 Å². The standard InChI is InChI=1S/C31H22O2/c1-32-28-16-14-23(15-17-28)30-20-29(26-12-10-21-6-2-4-8-24(21)18-26)31(33-30)27-13-11-22-7-3-5-9-25(22)19-27/h2-20H,1H3. The summed E-state index contributed by atoms with van der Waals surface area (Å²) in [7, 11) is 1.68. The summed E-state index contributed by atoms with van der Waals surface area (Å²) in [5, 5.41) is 4.86. The molecule has 0 aliphatic carbocycles. The Bertz CT molecular complexity index is 1490.